The molecule has 1 aliphatic heterocycles. The first kappa shape index (κ1) is 12.6. The van der Waals surface area contributed by atoms with Gasteiger partial charge in [-0.1, -0.05) is 11.6 Å². The van der Waals surface area contributed by atoms with Gasteiger partial charge in [0.15, 0.2) is 5.11 Å². The second-order valence-electron chi connectivity index (χ2n) is 3.51. The Hall–Kier alpha value is -1.86. The normalized spacial score (nSPS) is 14.4. The van der Waals surface area contributed by atoms with Gasteiger partial charge in [-0.2, -0.15) is 0 Å². The Morgan fingerprint density at radius 1 is 1.33 bits per heavy atom. The van der Waals surface area contributed by atoms with Gasteiger partial charge >= 0.3 is 6.03 Å². The number of hydrogen-bond donors (Lipinski definition) is 3. The van der Waals surface area contributed by atoms with Gasteiger partial charge < -0.3 is 5.32 Å². The lowest BCUT2D eigenvalue weighted by atomic mass is 10.3. The Labute approximate surface area is 113 Å². The van der Waals surface area contributed by atoms with Crippen molar-refractivity contribution >= 4 is 46.6 Å². The molecule has 18 heavy (non-hydrogen) atoms. The molecule has 0 saturated carbocycles. The minimum atomic E-state index is -0.528. The van der Waals surface area contributed by atoms with Crippen LogP contribution in [0.15, 0.2) is 24.3 Å². The molecule has 8 heteroatoms. The van der Waals surface area contributed by atoms with Crippen molar-refractivity contribution in [3.05, 3.63) is 29.3 Å². The number of carbonyl (C=O) groups excluding carboxylic acids is 2. The Morgan fingerprint density at radius 3 is 2.56 bits per heavy atom. The number of halogens is 1. The fraction of sp³-hybridized carbons (Fsp3) is 0.100. The molecule has 1 aromatic carbocycles. The fourth-order valence-electron chi connectivity index (χ4n) is 1.35. The van der Waals surface area contributed by atoms with Crippen molar-refractivity contribution in [2.45, 2.75) is 0 Å². The van der Waals surface area contributed by atoms with Gasteiger partial charge in [0.25, 0.3) is 0 Å². The van der Waals surface area contributed by atoms with Crippen LogP contribution >= 0.6 is 23.8 Å². The first-order chi connectivity index (χ1) is 8.54. The van der Waals surface area contributed by atoms with E-state index in [-0.39, 0.29) is 17.6 Å². The van der Waals surface area contributed by atoms with Crippen molar-refractivity contribution in [1.29, 1.82) is 0 Å². The van der Waals surface area contributed by atoms with Crippen LogP contribution in [0.1, 0.15) is 0 Å². The second-order valence-corrected chi connectivity index (χ2v) is 4.36. The molecule has 2 rings (SSSR count). The van der Waals surface area contributed by atoms with Crippen LogP contribution in [0.2, 0.25) is 5.02 Å². The number of benzene rings is 1. The zero-order valence-electron chi connectivity index (χ0n) is 9.07. The largest absolute Gasteiger partial charge is 0.343 e. The van der Waals surface area contributed by atoms with Crippen LogP contribution in [0, 0.1) is 0 Å². The Balaban J connectivity index is 1.91. The molecule has 0 spiro atoms. The number of rotatable bonds is 2. The maximum Gasteiger partial charge on any atom is 0.343 e. The molecular formula is C10H9ClN4O2S. The third-order valence-electron chi connectivity index (χ3n) is 2.13. The molecule has 0 aliphatic carbocycles. The standard InChI is InChI=1S/C10H9ClN4O2S/c11-6-1-3-7(4-2-6)12-9(18)14-15-5-8(16)13-10(15)17/h1-4H,5H2,(H2,12,14,18)(H,13,16,17). The van der Waals surface area contributed by atoms with Crippen LogP contribution in [0.25, 0.3) is 0 Å². The molecule has 0 aromatic heterocycles. The average molecular weight is 285 g/mol. The van der Waals surface area contributed by atoms with E-state index in [1.54, 1.807) is 24.3 Å². The fourth-order valence-corrected chi connectivity index (χ4v) is 1.70. The van der Waals surface area contributed by atoms with Gasteiger partial charge in [0.1, 0.15) is 6.54 Å². The number of nitrogens with one attached hydrogen (secondary N) is 3. The zero-order valence-corrected chi connectivity index (χ0v) is 10.6. The molecule has 0 radical (unpaired) electrons. The van der Waals surface area contributed by atoms with Crippen molar-refractivity contribution in [2.75, 3.05) is 11.9 Å². The molecule has 3 N–H and O–H groups in total. The van der Waals surface area contributed by atoms with Gasteiger partial charge in [-0.3, -0.25) is 15.5 Å². The molecule has 1 heterocycles. The summed E-state index contributed by atoms with van der Waals surface area (Å²) < 4.78 is 0. The van der Waals surface area contributed by atoms with E-state index in [2.05, 4.69) is 16.1 Å². The highest BCUT2D eigenvalue weighted by Gasteiger charge is 2.27. The van der Waals surface area contributed by atoms with Crippen LogP contribution in [-0.4, -0.2) is 28.6 Å². The number of amides is 3. The van der Waals surface area contributed by atoms with Crippen molar-refractivity contribution in [3.8, 4) is 0 Å². The summed E-state index contributed by atoms with van der Waals surface area (Å²) >= 11 is 10.8. The number of nitrogens with zero attached hydrogens (tertiary/aromatic N) is 1. The molecule has 94 valence electrons. The second kappa shape index (κ2) is 5.19. The lowest BCUT2D eigenvalue weighted by Gasteiger charge is -2.17. The number of anilines is 1. The number of carbonyl (C=O) groups is 2. The van der Waals surface area contributed by atoms with Gasteiger partial charge in [0, 0.05) is 10.7 Å². The summed E-state index contributed by atoms with van der Waals surface area (Å²) in [5.74, 6) is -0.373. The lowest BCUT2D eigenvalue weighted by molar-refractivity contribution is -0.118. The number of urea groups is 1. The predicted octanol–water partition coefficient (Wildman–Crippen LogP) is 1.09. The summed E-state index contributed by atoms with van der Waals surface area (Å²) in [7, 11) is 0. The summed E-state index contributed by atoms with van der Waals surface area (Å²) in [5.41, 5.74) is 3.33. The highest BCUT2D eigenvalue weighted by Crippen LogP contribution is 2.13. The van der Waals surface area contributed by atoms with Gasteiger partial charge in [-0.25, -0.2) is 9.80 Å². The van der Waals surface area contributed by atoms with E-state index in [0.29, 0.717) is 5.02 Å². The monoisotopic (exact) mass is 284 g/mol. The van der Waals surface area contributed by atoms with Crippen LogP contribution in [-0.2, 0) is 4.79 Å². The first-order valence-electron chi connectivity index (χ1n) is 4.99. The third kappa shape index (κ3) is 3.08. The molecule has 1 fully saturated rings. The minimum absolute atomic E-state index is 0.0682. The van der Waals surface area contributed by atoms with Crippen molar-refractivity contribution in [2.24, 2.45) is 0 Å². The maximum absolute atomic E-state index is 11.2. The SMILES string of the molecule is O=C1CN(NC(=S)Nc2ccc(Cl)cc2)C(=O)N1. The van der Waals surface area contributed by atoms with Crippen molar-refractivity contribution < 1.29 is 9.59 Å². The van der Waals surface area contributed by atoms with E-state index in [0.717, 1.165) is 10.7 Å². The first-order valence-corrected chi connectivity index (χ1v) is 5.78. The van der Waals surface area contributed by atoms with Gasteiger partial charge in [0.2, 0.25) is 5.91 Å². The summed E-state index contributed by atoms with van der Waals surface area (Å²) in [6, 6.07) is 6.37. The number of hydrazine groups is 1. The van der Waals surface area contributed by atoms with E-state index in [9.17, 15) is 9.59 Å². The molecule has 1 aliphatic rings. The predicted molar refractivity (Wildman–Crippen MR) is 71.1 cm³/mol. The third-order valence-corrected chi connectivity index (χ3v) is 2.58. The van der Waals surface area contributed by atoms with Gasteiger partial charge in [0.05, 0.1) is 0 Å². The molecule has 1 aromatic rings. The molecule has 0 bridgehead atoms. The Bertz CT molecular complexity index is 505. The highest BCUT2D eigenvalue weighted by molar-refractivity contribution is 7.80. The zero-order chi connectivity index (χ0) is 13.1. The van der Waals surface area contributed by atoms with Crippen LogP contribution in [0.3, 0.4) is 0 Å². The van der Waals surface area contributed by atoms with Crippen molar-refractivity contribution in [1.82, 2.24) is 15.8 Å². The number of thiocarbonyl (C=S) groups is 1. The minimum Gasteiger partial charge on any atom is -0.331 e. The Kier molecular flexibility index (Phi) is 3.63. The number of imide groups is 1. The molecule has 0 unspecified atom stereocenters. The highest BCUT2D eigenvalue weighted by atomic mass is 35.5. The average Bonchev–Trinajstić information content (AvgIpc) is 2.61. The van der Waals surface area contributed by atoms with Gasteiger partial charge in [-0.15, -0.1) is 0 Å². The van der Waals surface area contributed by atoms with Crippen LogP contribution < -0.4 is 16.1 Å². The molecule has 1 saturated heterocycles. The van der Waals surface area contributed by atoms with E-state index in [4.69, 9.17) is 23.8 Å². The van der Waals surface area contributed by atoms with Crippen molar-refractivity contribution in [3.63, 3.8) is 0 Å². The van der Waals surface area contributed by atoms with Gasteiger partial charge in [-0.05, 0) is 36.5 Å². The van der Waals surface area contributed by atoms with E-state index >= 15 is 0 Å². The van der Waals surface area contributed by atoms with E-state index < -0.39 is 6.03 Å². The molecular weight excluding hydrogens is 276 g/mol. The molecule has 3 amide bonds. The molecule has 0 atom stereocenters. The lowest BCUT2D eigenvalue weighted by Crippen LogP contribution is -2.45. The smallest absolute Gasteiger partial charge is 0.331 e. The van der Waals surface area contributed by atoms with E-state index in [1.165, 1.54) is 0 Å². The maximum atomic E-state index is 11.2. The Morgan fingerprint density at radius 2 is 2.00 bits per heavy atom. The summed E-state index contributed by atoms with van der Waals surface area (Å²) in [6.45, 7) is -0.0682. The summed E-state index contributed by atoms with van der Waals surface area (Å²) in [5, 5.41) is 6.90. The topological polar surface area (TPSA) is 73.5 Å². The molecule has 6 nitrogen and oxygen atoms in total. The van der Waals surface area contributed by atoms with Crippen LogP contribution in [0.4, 0.5) is 10.5 Å². The van der Waals surface area contributed by atoms with E-state index in [1.807, 2.05) is 0 Å². The van der Waals surface area contributed by atoms with Crippen LogP contribution in [0.5, 0.6) is 0 Å². The quantitative estimate of drug-likeness (QED) is 0.560. The number of hydrogen-bond acceptors (Lipinski definition) is 3. The summed E-state index contributed by atoms with van der Waals surface area (Å²) in [6.07, 6.45) is 0. The summed E-state index contributed by atoms with van der Waals surface area (Å²) in [4.78, 5) is 22.2.